The second-order valence-corrected chi connectivity index (χ2v) is 23.1. The highest BCUT2D eigenvalue weighted by atomic mass is 32.1. The zero-order chi connectivity index (χ0) is 56.3. The highest BCUT2D eigenvalue weighted by molar-refractivity contribution is 7.10. The molecule has 0 saturated carbocycles. The minimum Gasteiger partial charge on any atom is -0.489 e. The van der Waals surface area contributed by atoms with E-state index in [4.69, 9.17) is 33.4 Å². The van der Waals surface area contributed by atoms with E-state index in [0.29, 0.717) is 82.3 Å². The lowest BCUT2D eigenvalue weighted by molar-refractivity contribution is 0.0927. The van der Waals surface area contributed by atoms with Gasteiger partial charge in [-0.3, -0.25) is 19.4 Å². The van der Waals surface area contributed by atoms with E-state index < -0.39 is 0 Å². The van der Waals surface area contributed by atoms with Gasteiger partial charge in [0.2, 0.25) is 13.6 Å². The van der Waals surface area contributed by atoms with Gasteiger partial charge in [0, 0.05) is 49.5 Å². The predicted molar refractivity (Wildman–Crippen MR) is 318 cm³/mol. The molecule has 2 N–H and O–H groups in total. The topological polar surface area (TPSA) is 146 Å². The van der Waals surface area contributed by atoms with Crippen LogP contribution in [0.5, 0.6) is 34.5 Å². The van der Waals surface area contributed by atoms with Gasteiger partial charge in [0.1, 0.15) is 46.1 Å². The zero-order valence-electron chi connectivity index (χ0n) is 46.8. The number of nitrogens with one attached hydrogen (secondary N) is 2. The lowest BCUT2D eigenvalue weighted by atomic mass is 10.1. The summed E-state index contributed by atoms with van der Waals surface area (Å²) in [5, 5.41) is 11.6. The summed E-state index contributed by atoms with van der Waals surface area (Å²) in [5.74, 6) is 5.59. The first-order chi connectivity index (χ1) is 39.4. The third-order valence-electron chi connectivity index (χ3n) is 13.3. The SMILES string of the molecule is CC(C)CC(C)NC(=O)c1csc(CN(Cc2ccc(OCc3ccccc3)cc2)Cc2ccc3c(c2)OCO3)n1.CC(C)CCNC(=O)c1csc(CN(Cc2ccc(OCc3ccccc3)cc2)Cc2ccc3c(c2)OCO3)n1. The van der Waals surface area contributed by atoms with E-state index >= 15 is 0 Å². The summed E-state index contributed by atoms with van der Waals surface area (Å²) in [6.07, 6.45) is 1.88. The van der Waals surface area contributed by atoms with Crippen LogP contribution in [0.4, 0.5) is 0 Å². The van der Waals surface area contributed by atoms with Crippen molar-refractivity contribution in [2.75, 3.05) is 20.1 Å². The van der Waals surface area contributed by atoms with E-state index in [-0.39, 0.29) is 31.4 Å². The van der Waals surface area contributed by atoms with Crippen LogP contribution in [0.15, 0.2) is 156 Å². The molecule has 2 amide bonds. The largest absolute Gasteiger partial charge is 0.489 e. The highest BCUT2D eigenvalue weighted by Crippen LogP contribution is 2.35. The van der Waals surface area contributed by atoms with Crippen LogP contribution >= 0.6 is 22.7 Å². The summed E-state index contributed by atoms with van der Waals surface area (Å²) in [5.41, 5.74) is 7.79. The van der Waals surface area contributed by atoms with Crippen LogP contribution in [0, 0.1) is 11.8 Å². The molecule has 1 atom stereocenters. The van der Waals surface area contributed by atoms with Crippen LogP contribution in [0.2, 0.25) is 0 Å². The zero-order valence-corrected chi connectivity index (χ0v) is 48.4. The van der Waals surface area contributed by atoms with Crippen molar-refractivity contribution < 1.29 is 38.0 Å². The van der Waals surface area contributed by atoms with Gasteiger partial charge in [-0.05, 0) is 114 Å². The standard InChI is InChI=1S/C33H37N3O4S.C32H35N3O4S/c1-23(2)15-24(3)34-33(37)29-21-41-32(35-29)19-36(18-27-11-14-30-31(16-27)40-22-39-30)17-25-9-12-28(13-10-25)38-20-26-7-5-4-6-8-26;1-23(2)14-15-33-32(36)28-21-40-31(34-28)19-35(18-26-10-13-29-30(16-26)39-22-38-29)17-24-8-11-27(12-9-24)37-20-25-6-4-3-5-7-25/h4-14,16,21,23-24H,15,17-20,22H2,1-3H3,(H,34,37);3-13,16,21,23H,14-15,17-20,22H2,1-2H3,(H,33,36). The number of hydrogen-bond acceptors (Lipinski definition) is 14. The Morgan fingerprint density at radius 3 is 1.40 bits per heavy atom. The molecule has 14 nitrogen and oxygen atoms in total. The van der Waals surface area contributed by atoms with Crippen LogP contribution < -0.4 is 39.1 Å². The average Bonchev–Trinajstić information content (AvgIpc) is 4.33. The van der Waals surface area contributed by atoms with Gasteiger partial charge in [0.15, 0.2) is 23.0 Å². The van der Waals surface area contributed by atoms with Crippen LogP contribution in [-0.2, 0) is 52.5 Å². The van der Waals surface area contributed by atoms with Crippen molar-refractivity contribution in [1.82, 2.24) is 30.4 Å². The van der Waals surface area contributed by atoms with Crippen molar-refractivity contribution in [3.8, 4) is 34.5 Å². The van der Waals surface area contributed by atoms with E-state index in [1.807, 2.05) is 103 Å². The minimum atomic E-state index is -0.117. The normalized spacial score (nSPS) is 12.6. The summed E-state index contributed by atoms with van der Waals surface area (Å²) in [6.45, 7) is 16.9. The van der Waals surface area contributed by atoms with Gasteiger partial charge in [-0.25, -0.2) is 9.97 Å². The Bertz CT molecular complexity index is 3240. The summed E-state index contributed by atoms with van der Waals surface area (Å²) in [4.78, 5) is 39.3. The Hall–Kier alpha value is -7.76. The van der Waals surface area contributed by atoms with E-state index in [0.717, 1.165) is 90.7 Å². The van der Waals surface area contributed by atoms with Crippen molar-refractivity contribution >= 4 is 34.5 Å². The number of thiazole rings is 2. The second kappa shape index (κ2) is 29.1. The summed E-state index contributed by atoms with van der Waals surface area (Å²) in [6, 6.07) is 49.0. The predicted octanol–water partition coefficient (Wildman–Crippen LogP) is 13.2. The molecule has 422 valence electrons. The lowest BCUT2D eigenvalue weighted by Crippen LogP contribution is -2.33. The fourth-order valence-corrected chi connectivity index (χ4v) is 10.9. The summed E-state index contributed by atoms with van der Waals surface area (Å²) >= 11 is 3.03. The quantitative estimate of drug-likeness (QED) is 0.0532. The number of carbonyl (C=O) groups excluding carboxylic acids is 2. The van der Waals surface area contributed by atoms with Crippen LogP contribution in [0.3, 0.4) is 0 Å². The Kier molecular flexibility index (Phi) is 20.8. The summed E-state index contributed by atoms with van der Waals surface area (Å²) < 4.78 is 34.1. The highest BCUT2D eigenvalue weighted by Gasteiger charge is 2.21. The third-order valence-corrected chi connectivity index (χ3v) is 15.0. The van der Waals surface area contributed by atoms with Gasteiger partial charge < -0.3 is 39.1 Å². The molecule has 8 aromatic rings. The second-order valence-electron chi connectivity index (χ2n) is 21.2. The molecule has 16 heteroatoms. The van der Waals surface area contributed by atoms with Crippen LogP contribution in [0.25, 0.3) is 0 Å². The fraction of sp³-hybridized carbons (Fsp3) is 0.323. The van der Waals surface area contributed by atoms with Crippen molar-refractivity contribution in [1.29, 1.82) is 0 Å². The molecule has 1 unspecified atom stereocenters. The maximum atomic E-state index is 12.8. The Labute approximate surface area is 484 Å². The number of benzene rings is 6. The number of amides is 2. The lowest BCUT2D eigenvalue weighted by Gasteiger charge is -2.22. The molecular weight excluding hydrogens is 1060 g/mol. The van der Waals surface area contributed by atoms with Crippen molar-refractivity contribution in [3.05, 3.63) is 211 Å². The maximum Gasteiger partial charge on any atom is 0.270 e. The first-order valence-corrected chi connectivity index (χ1v) is 29.4. The number of nitrogens with zero attached hydrogens (tertiary/aromatic N) is 4. The number of aromatic nitrogens is 2. The van der Waals surface area contributed by atoms with Crippen LogP contribution in [0.1, 0.15) is 112 Å². The van der Waals surface area contributed by atoms with Crippen LogP contribution in [-0.4, -0.2) is 57.8 Å². The van der Waals surface area contributed by atoms with E-state index in [1.54, 1.807) is 0 Å². The Morgan fingerprint density at radius 1 is 0.506 bits per heavy atom. The average molecular weight is 1130 g/mol. The van der Waals surface area contributed by atoms with Gasteiger partial charge in [-0.1, -0.05) is 125 Å². The number of hydrogen-bond donors (Lipinski definition) is 2. The fourth-order valence-electron chi connectivity index (χ4n) is 9.30. The molecule has 0 spiro atoms. The molecule has 10 rings (SSSR count). The van der Waals surface area contributed by atoms with Gasteiger partial charge in [-0.2, -0.15) is 0 Å². The first-order valence-electron chi connectivity index (χ1n) is 27.6. The third kappa shape index (κ3) is 18.1. The molecule has 6 aromatic carbocycles. The molecule has 2 aliphatic rings. The Morgan fingerprint density at radius 2 is 0.938 bits per heavy atom. The van der Waals surface area contributed by atoms with Gasteiger partial charge >= 0.3 is 0 Å². The molecule has 0 fully saturated rings. The number of carbonyl (C=O) groups is 2. The molecule has 81 heavy (non-hydrogen) atoms. The minimum absolute atomic E-state index is 0.106. The number of fused-ring (bicyclic) bond motifs is 2. The molecule has 0 aliphatic carbocycles. The molecule has 4 heterocycles. The van der Waals surface area contributed by atoms with E-state index in [2.05, 4.69) is 114 Å². The number of ether oxygens (including phenoxy) is 6. The molecule has 0 saturated heterocycles. The van der Waals surface area contributed by atoms with Gasteiger partial charge in [0.05, 0.1) is 13.1 Å². The first kappa shape index (κ1) is 57.9. The molecule has 0 bridgehead atoms. The van der Waals surface area contributed by atoms with E-state index in [9.17, 15) is 9.59 Å². The molecule has 2 aromatic heterocycles. The van der Waals surface area contributed by atoms with Crippen molar-refractivity contribution in [2.24, 2.45) is 11.8 Å². The molecule has 2 aliphatic heterocycles. The van der Waals surface area contributed by atoms with Crippen molar-refractivity contribution in [2.45, 2.75) is 106 Å². The van der Waals surface area contributed by atoms with E-state index in [1.165, 1.54) is 22.7 Å². The summed E-state index contributed by atoms with van der Waals surface area (Å²) in [7, 11) is 0. The molecule has 0 radical (unpaired) electrons. The molecular formula is C65H72N6O8S2. The monoisotopic (exact) mass is 1130 g/mol. The maximum absolute atomic E-state index is 12.8. The van der Waals surface area contributed by atoms with Gasteiger partial charge in [-0.15, -0.1) is 22.7 Å². The van der Waals surface area contributed by atoms with Gasteiger partial charge in [0.25, 0.3) is 11.8 Å². The van der Waals surface area contributed by atoms with Crippen molar-refractivity contribution in [3.63, 3.8) is 0 Å². The smallest absolute Gasteiger partial charge is 0.270 e. The Balaban J connectivity index is 0.000000196. The number of rotatable bonds is 26.